The summed E-state index contributed by atoms with van der Waals surface area (Å²) in [5, 5.41) is 0. The third-order valence-electron chi connectivity index (χ3n) is 3.68. The van der Waals surface area contributed by atoms with Crippen LogP contribution in [0.4, 0.5) is 0 Å². The molecule has 0 bridgehead atoms. The smallest absolute Gasteiger partial charge is 0.333 e. The summed E-state index contributed by atoms with van der Waals surface area (Å²) in [4.78, 5) is 11.4. The summed E-state index contributed by atoms with van der Waals surface area (Å²) < 4.78 is 5.31. The molecule has 19 heavy (non-hydrogen) atoms. The van der Waals surface area contributed by atoms with Crippen LogP contribution in [-0.2, 0) is 9.53 Å². The minimum atomic E-state index is -0.261. The Morgan fingerprint density at radius 3 is 2.32 bits per heavy atom. The van der Waals surface area contributed by atoms with E-state index in [9.17, 15) is 4.79 Å². The number of hydrogen-bond acceptors (Lipinski definition) is 2. The second kappa shape index (κ2) is 11.1. The average molecular weight is 268 g/mol. The van der Waals surface area contributed by atoms with Gasteiger partial charge in [0.1, 0.15) is 0 Å². The lowest BCUT2D eigenvalue weighted by Crippen LogP contribution is -2.16. The van der Waals surface area contributed by atoms with E-state index in [1.54, 1.807) is 6.92 Å². The standard InChI is InChI=1S/C17H32O2/c1-6-8-9-10-11-16(7-2)13-12-15(5)19-17(18)14(3)4/h15-16H,3,6-13H2,1-2,4-5H3. The van der Waals surface area contributed by atoms with E-state index in [0.29, 0.717) is 5.57 Å². The predicted molar refractivity (Wildman–Crippen MR) is 82.1 cm³/mol. The predicted octanol–water partition coefficient (Wildman–Crippen LogP) is 5.27. The minimum absolute atomic E-state index is 0.00823. The Morgan fingerprint density at radius 2 is 1.79 bits per heavy atom. The summed E-state index contributed by atoms with van der Waals surface area (Å²) >= 11 is 0. The molecule has 0 aliphatic carbocycles. The van der Waals surface area contributed by atoms with Gasteiger partial charge in [-0.2, -0.15) is 0 Å². The lowest BCUT2D eigenvalue weighted by Gasteiger charge is -2.18. The largest absolute Gasteiger partial charge is 0.459 e. The molecule has 2 unspecified atom stereocenters. The first-order valence-electron chi connectivity index (χ1n) is 7.87. The van der Waals surface area contributed by atoms with Crippen LogP contribution in [0.15, 0.2) is 12.2 Å². The summed E-state index contributed by atoms with van der Waals surface area (Å²) in [6, 6.07) is 0. The van der Waals surface area contributed by atoms with Crippen molar-refractivity contribution >= 4 is 5.97 Å². The molecular formula is C17H32O2. The fourth-order valence-electron chi connectivity index (χ4n) is 2.23. The molecule has 0 saturated heterocycles. The third-order valence-corrected chi connectivity index (χ3v) is 3.68. The lowest BCUT2D eigenvalue weighted by atomic mass is 9.92. The normalized spacial score (nSPS) is 13.9. The quantitative estimate of drug-likeness (QED) is 0.290. The zero-order valence-corrected chi connectivity index (χ0v) is 13.3. The van der Waals surface area contributed by atoms with E-state index < -0.39 is 0 Å². The van der Waals surface area contributed by atoms with Crippen molar-refractivity contribution in [3.8, 4) is 0 Å². The van der Waals surface area contributed by atoms with Crippen molar-refractivity contribution in [1.82, 2.24) is 0 Å². The highest BCUT2D eigenvalue weighted by molar-refractivity contribution is 5.87. The highest BCUT2D eigenvalue weighted by Crippen LogP contribution is 2.21. The number of esters is 1. The lowest BCUT2D eigenvalue weighted by molar-refractivity contribution is -0.143. The number of carbonyl (C=O) groups excluding carboxylic acids is 1. The van der Waals surface area contributed by atoms with Gasteiger partial charge in [-0.25, -0.2) is 4.79 Å². The van der Waals surface area contributed by atoms with Crippen molar-refractivity contribution in [2.75, 3.05) is 0 Å². The second-order valence-corrected chi connectivity index (χ2v) is 5.70. The molecule has 0 amide bonds. The molecule has 2 heteroatoms. The van der Waals surface area contributed by atoms with E-state index in [4.69, 9.17) is 4.74 Å². The van der Waals surface area contributed by atoms with Crippen LogP contribution < -0.4 is 0 Å². The molecule has 112 valence electrons. The van der Waals surface area contributed by atoms with E-state index in [1.807, 2.05) is 6.92 Å². The van der Waals surface area contributed by atoms with Gasteiger partial charge in [-0.05, 0) is 32.6 Å². The third kappa shape index (κ3) is 9.75. The summed E-state index contributed by atoms with van der Waals surface area (Å²) in [5.74, 6) is 0.520. The molecule has 0 fully saturated rings. The second-order valence-electron chi connectivity index (χ2n) is 5.70. The van der Waals surface area contributed by atoms with Crippen molar-refractivity contribution in [3.63, 3.8) is 0 Å². The van der Waals surface area contributed by atoms with E-state index in [-0.39, 0.29) is 12.1 Å². The first-order valence-corrected chi connectivity index (χ1v) is 7.87. The van der Waals surface area contributed by atoms with Gasteiger partial charge in [-0.15, -0.1) is 0 Å². The van der Waals surface area contributed by atoms with Gasteiger partial charge in [-0.1, -0.05) is 59.0 Å². The fourth-order valence-corrected chi connectivity index (χ4v) is 2.23. The molecule has 0 N–H and O–H groups in total. The van der Waals surface area contributed by atoms with Gasteiger partial charge < -0.3 is 4.74 Å². The van der Waals surface area contributed by atoms with Crippen LogP contribution in [0.5, 0.6) is 0 Å². The van der Waals surface area contributed by atoms with Crippen LogP contribution in [-0.4, -0.2) is 12.1 Å². The van der Waals surface area contributed by atoms with E-state index in [2.05, 4.69) is 20.4 Å². The minimum Gasteiger partial charge on any atom is -0.459 e. The zero-order valence-electron chi connectivity index (χ0n) is 13.3. The van der Waals surface area contributed by atoms with E-state index in [0.717, 1.165) is 18.8 Å². The zero-order chi connectivity index (χ0) is 14.7. The van der Waals surface area contributed by atoms with Crippen LogP contribution in [0.2, 0.25) is 0 Å². The van der Waals surface area contributed by atoms with E-state index >= 15 is 0 Å². The van der Waals surface area contributed by atoms with Gasteiger partial charge in [-0.3, -0.25) is 0 Å². The number of rotatable bonds is 11. The van der Waals surface area contributed by atoms with Gasteiger partial charge in [0.05, 0.1) is 6.10 Å². The van der Waals surface area contributed by atoms with Crippen molar-refractivity contribution in [3.05, 3.63) is 12.2 Å². The maximum absolute atomic E-state index is 11.4. The van der Waals surface area contributed by atoms with E-state index in [1.165, 1.54) is 38.5 Å². The average Bonchev–Trinajstić information content (AvgIpc) is 2.37. The summed E-state index contributed by atoms with van der Waals surface area (Å²) in [7, 11) is 0. The Kier molecular flexibility index (Phi) is 10.6. The van der Waals surface area contributed by atoms with Crippen LogP contribution in [0.3, 0.4) is 0 Å². The molecule has 0 rings (SSSR count). The van der Waals surface area contributed by atoms with Crippen LogP contribution in [0.1, 0.15) is 79.1 Å². The molecule has 0 spiro atoms. The van der Waals surface area contributed by atoms with Crippen molar-refractivity contribution in [2.24, 2.45) is 5.92 Å². The Balaban J connectivity index is 3.80. The Bertz CT molecular complexity index is 258. The molecule has 0 aromatic carbocycles. The fraction of sp³-hybridized carbons (Fsp3) is 0.824. The summed E-state index contributed by atoms with van der Waals surface area (Å²) in [6.45, 7) is 11.8. The first kappa shape index (κ1) is 18.2. The van der Waals surface area contributed by atoms with Gasteiger partial charge in [0.2, 0.25) is 0 Å². The maximum Gasteiger partial charge on any atom is 0.333 e. The molecule has 0 aromatic heterocycles. The monoisotopic (exact) mass is 268 g/mol. The van der Waals surface area contributed by atoms with Crippen LogP contribution in [0.25, 0.3) is 0 Å². The summed E-state index contributed by atoms with van der Waals surface area (Å²) in [5.41, 5.74) is 0.485. The van der Waals surface area contributed by atoms with Crippen LogP contribution >= 0.6 is 0 Å². The molecule has 2 atom stereocenters. The first-order chi connectivity index (χ1) is 9.01. The van der Waals surface area contributed by atoms with Gasteiger partial charge >= 0.3 is 5.97 Å². The molecule has 0 radical (unpaired) electrons. The summed E-state index contributed by atoms with van der Waals surface area (Å²) in [6.07, 6.45) is 10.0. The Labute approximate surface area is 119 Å². The van der Waals surface area contributed by atoms with Gasteiger partial charge in [0.25, 0.3) is 0 Å². The maximum atomic E-state index is 11.4. The van der Waals surface area contributed by atoms with Crippen LogP contribution in [0, 0.1) is 5.92 Å². The number of unbranched alkanes of at least 4 members (excludes halogenated alkanes) is 3. The molecule has 0 aromatic rings. The Morgan fingerprint density at radius 1 is 1.11 bits per heavy atom. The van der Waals surface area contributed by atoms with Crippen molar-refractivity contribution < 1.29 is 9.53 Å². The molecular weight excluding hydrogens is 236 g/mol. The SMILES string of the molecule is C=C(C)C(=O)OC(C)CCC(CC)CCCCCC. The van der Waals surface area contributed by atoms with Gasteiger partial charge in [0, 0.05) is 5.57 Å². The highest BCUT2D eigenvalue weighted by Gasteiger charge is 2.13. The van der Waals surface area contributed by atoms with Gasteiger partial charge in [0.15, 0.2) is 0 Å². The Hall–Kier alpha value is -0.790. The van der Waals surface area contributed by atoms with Crippen molar-refractivity contribution in [1.29, 1.82) is 0 Å². The molecule has 2 nitrogen and oxygen atoms in total. The molecule has 0 heterocycles. The number of ether oxygens (including phenoxy) is 1. The molecule has 0 saturated carbocycles. The number of carbonyl (C=O) groups is 1. The highest BCUT2D eigenvalue weighted by atomic mass is 16.5. The molecule has 0 aliphatic rings. The number of hydrogen-bond donors (Lipinski definition) is 0. The van der Waals surface area contributed by atoms with Crippen molar-refractivity contribution in [2.45, 2.75) is 85.2 Å². The molecule has 0 aliphatic heterocycles. The topological polar surface area (TPSA) is 26.3 Å².